The molecule has 1 saturated heterocycles. The van der Waals surface area contributed by atoms with Crippen LogP contribution in [0, 0.1) is 5.82 Å². The van der Waals surface area contributed by atoms with Crippen molar-refractivity contribution in [3.8, 4) is 22.9 Å². The number of ether oxygens (including phenoxy) is 2. The van der Waals surface area contributed by atoms with E-state index >= 15 is 4.39 Å². The zero-order valence-electron chi connectivity index (χ0n) is 22.9. The fraction of sp³-hybridized carbons (Fsp3) is 0.370. The van der Waals surface area contributed by atoms with Crippen molar-refractivity contribution in [3.63, 3.8) is 0 Å². The maximum Gasteiger partial charge on any atom is 0.410 e. The van der Waals surface area contributed by atoms with Gasteiger partial charge in [-0.05, 0) is 57.2 Å². The van der Waals surface area contributed by atoms with E-state index < -0.39 is 34.0 Å². The van der Waals surface area contributed by atoms with E-state index in [2.05, 4.69) is 9.97 Å². The molecule has 1 amide bonds. The lowest BCUT2D eigenvalue weighted by Crippen LogP contribution is -2.50. The van der Waals surface area contributed by atoms with E-state index in [0.29, 0.717) is 47.6 Å². The predicted octanol–water partition coefficient (Wildman–Crippen LogP) is 5.92. The highest BCUT2D eigenvalue weighted by atomic mass is 35.5. The van der Waals surface area contributed by atoms with Gasteiger partial charge in [-0.3, -0.25) is 4.18 Å². The van der Waals surface area contributed by atoms with Crippen LogP contribution >= 0.6 is 23.2 Å². The molecule has 14 heteroatoms. The number of carbonyl (C=O) groups is 1. The molecule has 0 saturated carbocycles. The average molecular weight is 628 g/mol. The van der Waals surface area contributed by atoms with Gasteiger partial charge in [-0.2, -0.15) is 8.42 Å². The van der Waals surface area contributed by atoms with Crippen molar-refractivity contribution in [2.24, 2.45) is 0 Å². The number of hydrogen-bond acceptors (Lipinski definition) is 9. The van der Waals surface area contributed by atoms with Crippen molar-refractivity contribution in [2.75, 3.05) is 37.3 Å². The molecule has 4 rings (SSSR count). The van der Waals surface area contributed by atoms with Gasteiger partial charge < -0.3 is 19.3 Å². The van der Waals surface area contributed by atoms with Crippen LogP contribution in [-0.4, -0.2) is 67.4 Å². The summed E-state index contributed by atoms with van der Waals surface area (Å²) in [4.78, 5) is 24.7. The molecular formula is C27H29Cl2FN4O6S. The first-order chi connectivity index (χ1) is 19.2. The second-order valence-electron chi connectivity index (χ2n) is 10.3. The lowest BCUT2D eigenvalue weighted by molar-refractivity contribution is 0.0240. The van der Waals surface area contributed by atoms with Gasteiger partial charge >= 0.3 is 6.09 Å². The van der Waals surface area contributed by atoms with Gasteiger partial charge in [0.05, 0.1) is 24.8 Å². The van der Waals surface area contributed by atoms with Crippen LogP contribution in [0.2, 0.25) is 10.0 Å². The molecule has 0 unspecified atom stereocenters. The van der Waals surface area contributed by atoms with Crippen LogP contribution in [0.4, 0.5) is 15.0 Å². The van der Waals surface area contributed by atoms with Crippen LogP contribution in [0.1, 0.15) is 26.3 Å². The molecule has 1 aliphatic rings. The Morgan fingerprint density at radius 3 is 2.27 bits per heavy atom. The third-order valence-corrected chi connectivity index (χ3v) is 6.76. The summed E-state index contributed by atoms with van der Waals surface area (Å²) in [6, 6.07) is 9.36. The predicted molar refractivity (Wildman–Crippen MR) is 154 cm³/mol. The third kappa shape index (κ3) is 8.65. The molecule has 41 heavy (non-hydrogen) atoms. The van der Waals surface area contributed by atoms with E-state index in [1.807, 2.05) is 25.7 Å². The summed E-state index contributed by atoms with van der Waals surface area (Å²) in [6.45, 7) is 6.95. The quantitative estimate of drug-likeness (QED) is 0.295. The van der Waals surface area contributed by atoms with Gasteiger partial charge in [-0.1, -0.05) is 23.2 Å². The van der Waals surface area contributed by atoms with Crippen molar-refractivity contribution >= 4 is 45.2 Å². The molecule has 0 N–H and O–H groups in total. The minimum Gasteiger partial charge on any atom is -0.444 e. The van der Waals surface area contributed by atoms with Crippen LogP contribution in [0.3, 0.4) is 0 Å². The zero-order chi connectivity index (χ0) is 29.9. The number of rotatable bonds is 7. The Morgan fingerprint density at radius 1 is 1.05 bits per heavy atom. The third-order valence-electron chi connectivity index (χ3n) is 5.78. The topological polar surface area (TPSA) is 111 Å². The minimum atomic E-state index is -3.85. The molecule has 220 valence electrons. The summed E-state index contributed by atoms with van der Waals surface area (Å²) in [7, 11) is -3.85. The number of aromatic nitrogens is 2. The Balaban J connectivity index is 1.52. The number of pyridine rings is 2. The Kier molecular flexibility index (Phi) is 9.27. The number of anilines is 1. The smallest absolute Gasteiger partial charge is 0.410 e. The highest BCUT2D eigenvalue weighted by Gasteiger charge is 2.26. The average Bonchev–Trinajstić information content (AvgIpc) is 2.87. The second kappa shape index (κ2) is 12.4. The van der Waals surface area contributed by atoms with Crippen LogP contribution in [0.5, 0.6) is 11.6 Å². The zero-order valence-corrected chi connectivity index (χ0v) is 25.2. The van der Waals surface area contributed by atoms with Gasteiger partial charge in [0.15, 0.2) is 5.82 Å². The number of amides is 1. The molecule has 0 spiro atoms. The summed E-state index contributed by atoms with van der Waals surface area (Å²) >= 11 is 12.3. The summed E-state index contributed by atoms with van der Waals surface area (Å²) in [5.41, 5.74) is 0.0403. The fourth-order valence-electron chi connectivity index (χ4n) is 3.93. The minimum absolute atomic E-state index is 0.0982. The molecule has 3 heterocycles. The summed E-state index contributed by atoms with van der Waals surface area (Å²) in [6.07, 6.45) is 1.94. The number of halogens is 3. The molecule has 1 fully saturated rings. The highest BCUT2D eigenvalue weighted by Crippen LogP contribution is 2.32. The van der Waals surface area contributed by atoms with E-state index in [1.54, 1.807) is 29.2 Å². The van der Waals surface area contributed by atoms with Crippen LogP contribution in [0.25, 0.3) is 11.3 Å². The maximum absolute atomic E-state index is 15.4. The lowest BCUT2D eigenvalue weighted by atomic mass is 10.1. The van der Waals surface area contributed by atoms with Crippen LogP contribution in [0.15, 0.2) is 42.6 Å². The van der Waals surface area contributed by atoms with Crippen molar-refractivity contribution in [1.82, 2.24) is 14.9 Å². The molecule has 3 aromatic rings. The summed E-state index contributed by atoms with van der Waals surface area (Å²) < 4.78 is 54.4. The Labute approximate surface area is 248 Å². The van der Waals surface area contributed by atoms with Gasteiger partial charge in [0.2, 0.25) is 0 Å². The molecule has 0 radical (unpaired) electrons. The standard InChI is InChI=1S/C27H29Cl2FN4O6S/c1-27(2,3)40-26(35)34-9-7-33(8-10-34)23-6-5-21(15-31-23)39-25-24(30)18(16-38-41(4,36)37)13-22(32-25)17-11-19(28)14-20(29)12-17/h5-6,11-15H,7-10,16H2,1-4H3. The van der Waals surface area contributed by atoms with Crippen LogP contribution < -0.4 is 9.64 Å². The highest BCUT2D eigenvalue weighted by molar-refractivity contribution is 7.85. The van der Waals surface area contributed by atoms with Gasteiger partial charge in [0.1, 0.15) is 17.2 Å². The molecule has 10 nitrogen and oxygen atoms in total. The van der Waals surface area contributed by atoms with Crippen LogP contribution in [-0.2, 0) is 25.6 Å². The fourth-order valence-corrected chi connectivity index (χ4v) is 4.79. The Bertz CT molecular complexity index is 1510. The van der Waals surface area contributed by atoms with E-state index in [0.717, 1.165) is 6.26 Å². The molecular weight excluding hydrogens is 598 g/mol. The molecule has 2 aromatic heterocycles. The van der Waals surface area contributed by atoms with Gasteiger partial charge in [-0.15, -0.1) is 0 Å². The van der Waals surface area contributed by atoms with Crippen molar-refractivity contribution in [1.29, 1.82) is 0 Å². The number of nitrogens with zero attached hydrogens (tertiary/aromatic N) is 4. The van der Waals surface area contributed by atoms with E-state index in [4.69, 9.17) is 36.9 Å². The maximum atomic E-state index is 15.4. The first-order valence-electron chi connectivity index (χ1n) is 12.5. The monoisotopic (exact) mass is 626 g/mol. The number of benzene rings is 1. The Hall–Kier alpha value is -3.19. The SMILES string of the molecule is CC(C)(C)OC(=O)N1CCN(c2ccc(Oc3nc(-c4cc(Cl)cc(Cl)c4)cc(COS(C)(=O)=O)c3F)cn2)CC1. The number of piperazine rings is 1. The normalized spacial score (nSPS) is 14.2. The molecule has 0 bridgehead atoms. The Morgan fingerprint density at radius 2 is 1.71 bits per heavy atom. The largest absolute Gasteiger partial charge is 0.444 e. The summed E-state index contributed by atoms with van der Waals surface area (Å²) in [5, 5.41) is 0.670. The first-order valence-corrected chi connectivity index (χ1v) is 15.1. The van der Waals surface area contributed by atoms with Crippen molar-refractivity contribution < 1.29 is 31.3 Å². The van der Waals surface area contributed by atoms with E-state index in [1.165, 1.54) is 18.3 Å². The molecule has 0 aliphatic carbocycles. The molecule has 0 atom stereocenters. The number of carbonyl (C=O) groups excluding carboxylic acids is 1. The molecule has 1 aromatic carbocycles. The van der Waals surface area contributed by atoms with E-state index in [9.17, 15) is 13.2 Å². The summed E-state index contributed by atoms with van der Waals surface area (Å²) in [5.74, 6) is -0.456. The van der Waals surface area contributed by atoms with Gasteiger partial charge in [-0.25, -0.2) is 19.2 Å². The van der Waals surface area contributed by atoms with Crippen molar-refractivity contribution in [2.45, 2.75) is 33.0 Å². The van der Waals surface area contributed by atoms with E-state index in [-0.39, 0.29) is 23.1 Å². The number of hydrogen-bond donors (Lipinski definition) is 0. The second-order valence-corrected chi connectivity index (χ2v) is 12.8. The van der Waals surface area contributed by atoms with Gasteiger partial charge in [0.25, 0.3) is 16.0 Å². The first kappa shape index (κ1) is 30.8. The lowest BCUT2D eigenvalue weighted by Gasteiger charge is -2.36. The van der Waals surface area contributed by atoms with Crippen molar-refractivity contribution in [3.05, 3.63) is 64.0 Å². The molecule has 1 aliphatic heterocycles. The van der Waals surface area contributed by atoms with Gasteiger partial charge in [0, 0.05) is 47.4 Å².